The Morgan fingerprint density at radius 3 is 1.56 bits per heavy atom. The average molecular weight is 637 g/mol. The van der Waals surface area contributed by atoms with Crippen molar-refractivity contribution in [1.82, 2.24) is 0 Å². The van der Waals surface area contributed by atoms with E-state index in [0.717, 1.165) is 0 Å². The van der Waals surface area contributed by atoms with Crippen LogP contribution in [0.25, 0.3) is 0 Å². The Balaban J connectivity index is 1.50. The van der Waals surface area contributed by atoms with Gasteiger partial charge in [-0.2, -0.15) is 0 Å². The van der Waals surface area contributed by atoms with Crippen molar-refractivity contribution >= 4 is 0 Å². The van der Waals surface area contributed by atoms with Crippen molar-refractivity contribution < 1.29 is 99.5 Å². The Morgan fingerprint density at radius 2 is 0.953 bits per heavy atom. The highest BCUT2D eigenvalue weighted by Crippen LogP contribution is 2.33. The minimum absolute atomic E-state index is 0.457. The largest absolute Gasteiger partial charge is 0.394 e. The maximum atomic E-state index is 11.1. The first-order chi connectivity index (χ1) is 20.3. The molecule has 252 valence electrons. The highest BCUT2D eigenvalue weighted by atomic mass is 16.8. The number of ether oxygens (including phenoxy) is 7. The Kier molecular flexibility index (Phi) is 12.0. The van der Waals surface area contributed by atoms with Crippen LogP contribution in [-0.4, -0.2) is 210 Å². The summed E-state index contributed by atoms with van der Waals surface area (Å²) in [5.41, 5.74) is 0. The molecule has 4 rings (SSSR count). The highest BCUT2D eigenvalue weighted by Gasteiger charge is 2.54. The summed E-state index contributed by atoms with van der Waals surface area (Å²) in [7, 11) is 0. The van der Waals surface area contributed by atoms with Crippen LogP contribution in [0.3, 0.4) is 0 Å². The molecule has 0 radical (unpaired) electrons. The lowest BCUT2D eigenvalue weighted by Gasteiger charge is -2.48. The van der Waals surface area contributed by atoms with Gasteiger partial charge in [-0.3, -0.25) is 0 Å². The van der Waals surface area contributed by atoms with E-state index in [9.17, 15) is 66.4 Å². The predicted octanol–water partition coefficient (Wildman–Crippen LogP) is -9.11. The molecule has 0 spiro atoms. The Labute approximate surface area is 243 Å². The average Bonchev–Trinajstić information content (AvgIpc) is 2.99. The van der Waals surface area contributed by atoms with E-state index in [-0.39, 0.29) is 0 Å². The molecule has 0 amide bonds. The van der Waals surface area contributed by atoms with Crippen LogP contribution >= 0.6 is 0 Å². The molecule has 0 aliphatic carbocycles. The van der Waals surface area contributed by atoms with Gasteiger partial charge in [0.05, 0.1) is 26.4 Å². The summed E-state index contributed by atoms with van der Waals surface area (Å²) in [6.45, 7) is -2.96. The van der Waals surface area contributed by atoms with Crippen LogP contribution in [0.2, 0.25) is 0 Å². The molecule has 19 atom stereocenters. The number of hydrogen-bond acceptors (Lipinski definition) is 20. The summed E-state index contributed by atoms with van der Waals surface area (Å²) in [6.07, 6.45) is -33.1. The zero-order valence-electron chi connectivity index (χ0n) is 22.5. The third-order valence-corrected chi connectivity index (χ3v) is 7.81. The van der Waals surface area contributed by atoms with E-state index < -0.39 is 143 Å². The molecule has 0 bridgehead atoms. The van der Waals surface area contributed by atoms with Gasteiger partial charge in [-0.15, -0.1) is 0 Å². The predicted molar refractivity (Wildman–Crippen MR) is 128 cm³/mol. The van der Waals surface area contributed by atoms with Crippen LogP contribution in [-0.2, 0) is 33.2 Å². The van der Waals surface area contributed by atoms with E-state index in [1.54, 1.807) is 0 Å². The smallest absolute Gasteiger partial charge is 0.187 e. The molecule has 0 aromatic rings. The molecule has 4 heterocycles. The molecule has 0 aromatic heterocycles. The van der Waals surface area contributed by atoms with Crippen LogP contribution in [0.5, 0.6) is 0 Å². The summed E-state index contributed by atoms with van der Waals surface area (Å²) in [6, 6.07) is 0. The lowest BCUT2D eigenvalue weighted by Crippen LogP contribution is -2.67. The fourth-order valence-corrected chi connectivity index (χ4v) is 5.24. The zero-order chi connectivity index (χ0) is 31.7. The number of hydrogen-bond donors (Lipinski definition) is 13. The molecule has 20 nitrogen and oxygen atoms in total. The molecule has 4 saturated heterocycles. The van der Waals surface area contributed by atoms with Crippen LogP contribution in [0.1, 0.15) is 0 Å². The number of aliphatic hydroxyl groups is 13. The fraction of sp³-hybridized carbons (Fsp3) is 1.00. The van der Waals surface area contributed by atoms with Crippen LogP contribution in [0.15, 0.2) is 0 Å². The molecule has 4 aliphatic rings. The maximum Gasteiger partial charge on any atom is 0.187 e. The third kappa shape index (κ3) is 7.13. The summed E-state index contributed by atoms with van der Waals surface area (Å²) < 4.78 is 37.6. The first-order valence-corrected chi connectivity index (χ1v) is 13.5. The zero-order valence-corrected chi connectivity index (χ0v) is 22.5. The maximum absolute atomic E-state index is 11.1. The van der Waals surface area contributed by atoms with Crippen molar-refractivity contribution in [3.8, 4) is 0 Å². The standard InChI is InChI=1S/C23H40O20/c24-1-6-10(29)12(31)14(33)22(39-6)42-18-11(30)7(2-25)40-23(16(18)35)43-19-15(34)17(8(3-26)38-20(19)36)41-21-13(32)9(28)5(27)4-37-21/h5-36H,1-4H2/t5-,6-,7-,8-,9+,10-,11-,12+,13-,14-,15+,16-,17+,18+,19-,20?,21+,22+,23+/m1/s1. The van der Waals surface area contributed by atoms with E-state index in [1.807, 2.05) is 0 Å². The molecule has 1 unspecified atom stereocenters. The minimum atomic E-state index is -2.01. The van der Waals surface area contributed by atoms with Crippen LogP contribution in [0.4, 0.5) is 0 Å². The van der Waals surface area contributed by atoms with Gasteiger partial charge in [0, 0.05) is 0 Å². The molecule has 0 aromatic carbocycles. The van der Waals surface area contributed by atoms with Crippen molar-refractivity contribution in [2.24, 2.45) is 0 Å². The molecular weight excluding hydrogens is 596 g/mol. The Bertz CT molecular complexity index is 869. The molecule has 13 N–H and O–H groups in total. The molecule has 4 fully saturated rings. The van der Waals surface area contributed by atoms with Crippen molar-refractivity contribution in [1.29, 1.82) is 0 Å². The van der Waals surface area contributed by atoms with E-state index in [4.69, 9.17) is 33.2 Å². The van der Waals surface area contributed by atoms with Gasteiger partial charge in [0.25, 0.3) is 0 Å². The minimum Gasteiger partial charge on any atom is -0.394 e. The van der Waals surface area contributed by atoms with Gasteiger partial charge < -0.3 is 99.5 Å². The van der Waals surface area contributed by atoms with Gasteiger partial charge in [-0.25, -0.2) is 0 Å². The summed E-state index contributed by atoms with van der Waals surface area (Å²) >= 11 is 0. The first kappa shape index (κ1) is 35.1. The quantitative estimate of drug-likeness (QED) is 0.112. The van der Waals surface area contributed by atoms with E-state index in [2.05, 4.69) is 0 Å². The molecule has 4 aliphatic heterocycles. The molecule has 20 heteroatoms. The number of rotatable bonds is 9. The van der Waals surface area contributed by atoms with E-state index in [0.29, 0.717) is 0 Å². The second-order valence-corrected chi connectivity index (χ2v) is 10.7. The number of aliphatic hydroxyl groups excluding tert-OH is 13. The molecule has 43 heavy (non-hydrogen) atoms. The third-order valence-electron chi connectivity index (χ3n) is 7.81. The van der Waals surface area contributed by atoms with Gasteiger partial charge in [0.1, 0.15) is 91.6 Å². The summed E-state index contributed by atoms with van der Waals surface area (Å²) in [5, 5.41) is 132. The van der Waals surface area contributed by atoms with E-state index >= 15 is 0 Å². The fourth-order valence-electron chi connectivity index (χ4n) is 5.24. The topological polar surface area (TPSA) is 328 Å². The van der Waals surface area contributed by atoms with Gasteiger partial charge in [0.2, 0.25) is 0 Å². The van der Waals surface area contributed by atoms with E-state index in [1.165, 1.54) is 0 Å². The van der Waals surface area contributed by atoms with Gasteiger partial charge >= 0.3 is 0 Å². The van der Waals surface area contributed by atoms with Crippen molar-refractivity contribution in [2.45, 2.75) is 117 Å². The van der Waals surface area contributed by atoms with Crippen molar-refractivity contribution in [3.63, 3.8) is 0 Å². The molecule has 0 saturated carbocycles. The SMILES string of the molecule is OC[C@H]1O[C@@H](O[C@@H]2[C@@H](O)[C@H](O[C@H]3C(O)O[C@H](CO)[C@H](O[C@@H]4OC[C@@H](O)[C@H](O)[C@H]4O)[C@@H]3O)O[C@H](CO)[C@H]2O)[C@H](O)[C@@H](O)[C@@H]1O. The van der Waals surface area contributed by atoms with Gasteiger partial charge in [-0.05, 0) is 0 Å². The highest BCUT2D eigenvalue weighted by molar-refractivity contribution is 4.97. The lowest BCUT2D eigenvalue weighted by atomic mass is 9.96. The lowest BCUT2D eigenvalue weighted by molar-refractivity contribution is -0.390. The van der Waals surface area contributed by atoms with Crippen molar-refractivity contribution in [3.05, 3.63) is 0 Å². The Hall–Kier alpha value is -0.800. The van der Waals surface area contributed by atoms with Crippen LogP contribution < -0.4 is 0 Å². The van der Waals surface area contributed by atoms with Crippen LogP contribution in [0, 0.1) is 0 Å². The molecular formula is C23H40O20. The van der Waals surface area contributed by atoms with Crippen molar-refractivity contribution in [2.75, 3.05) is 26.4 Å². The summed E-state index contributed by atoms with van der Waals surface area (Å²) in [5.74, 6) is 0. The monoisotopic (exact) mass is 636 g/mol. The summed E-state index contributed by atoms with van der Waals surface area (Å²) in [4.78, 5) is 0. The van der Waals surface area contributed by atoms with Gasteiger partial charge in [-0.1, -0.05) is 0 Å². The second kappa shape index (κ2) is 14.7. The normalized spacial score (nSPS) is 53.1. The Morgan fingerprint density at radius 1 is 0.442 bits per heavy atom. The second-order valence-electron chi connectivity index (χ2n) is 10.7. The first-order valence-electron chi connectivity index (χ1n) is 13.5. The van der Waals surface area contributed by atoms with Gasteiger partial charge in [0.15, 0.2) is 25.2 Å².